The zero-order valence-corrected chi connectivity index (χ0v) is 26.3. The summed E-state index contributed by atoms with van der Waals surface area (Å²) in [6.45, 7) is 0. The van der Waals surface area contributed by atoms with E-state index in [-0.39, 0.29) is 0 Å². The summed E-state index contributed by atoms with van der Waals surface area (Å²) in [5.41, 5.74) is 10.0. The summed E-state index contributed by atoms with van der Waals surface area (Å²) in [6.07, 6.45) is 0. The fraction of sp³-hybridized carbons (Fsp3) is 0. The van der Waals surface area contributed by atoms with Crippen LogP contribution in [0.5, 0.6) is 0 Å². The van der Waals surface area contributed by atoms with Crippen molar-refractivity contribution >= 4 is 49.6 Å². The normalized spacial score (nSPS) is 11.3. The fourth-order valence-electron chi connectivity index (χ4n) is 6.74. The highest BCUT2D eigenvalue weighted by molar-refractivity contribution is 6.05. The molecule has 0 unspecified atom stereocenters. The minimum absolute atomic E-state index is 0.867. The minimum Gasteiger partial charge on any atom is -0.455 e. The first-order valence-corrected chi connectivity index (χ1v) is 16.3. The van der Waals surface area contributed by atoms with E-state index in [1.54, 1.807) is 0 Å². The third-order valence-electron chi connectivity index (χ3n) is 9.26. The second-order valence-electron chi connectivity index (χ2n) is 12.2. The van der Waals surface area contributed by atoms with Crippen molar-refractivity contribution in [3.05, 3.63) is 188 Å². The van der Waals surface area contributed by atoms with Crippen LogP contribution in [-0.2, 0) is 0 Å². The molecule has 0 bridgehead atoms. The molecule has 0 fully saturated rings. The van der Waals surface area contributed by atoms with E-state index in [0.717, 1.165) is 44.7 Å². The largest absolute Gasteiger partial charge is 0.455 e. The van der Waals surface area contributed by atoms with E-state index in [0.29, 0.717) is 0 Å². The van der Waals surface area contributed by atoms with E-state index >= 15 is 0 Å². The van der Waals surface area contributed by atoms with E-state index < -0.39 is 0 Å². The van der Waals surface area contributed by atoms with Crippen molar-refractivity contribution in [2.24, 2.45) is 0 Å². The molecular formula is C46H31NO. The molecule has 1 aromatic heterocycles. The quantitative estimate of drug-likeness (QED) is 0.185. The molecule has 0 saturated carbocycles. The summed E-state index contributed by atoms with van der Waals surface area (Å²) in [4.78, 5) is 2.31. The highest BCUT2D eigenvalue weighted by Gasteiger charge is 2.15. The fourth-order valence-corrected chi connectivity index (χ4v) is 6.74. The van der Waals surface area contributed by atoms with Crippen LogP contribution in [0, 0.1) is 0 Å². The number of hydrogen-bond acceptors (Lipinski definition) is 2. The molecule has 0 radical (unpaired) electrons. The van der Waals surface area contributed by atoms with E-state index in [1.807, 2.05) is 0 Å². The van der Waals surface area contributed by atoms with E-state index in [9.17, 15) is 0 Å². The molecule has 8 aromatic carbocycles. The van der Waals surface area contributed by atoms with Crippen LogP contribution in [0.15, 0.2) is 192 Å². The molecule has 0 atom stereocenters. The van der Waals surface area contributed by atoms with Gasteiger partial charge >= 0.3 is 0 Å². The molecule has 48 heavy (non-hydrogen) atoms. The molecule has 0 aliphatic carbocycles. The monoisotopic (exact) mass is 613 g/mol. The van der Waals surface area contributed by atoms with Gasteiger partial charge in [-0.05, 0) is 99.1 Å². The molecule has 2 heteroatoms. The lowest BCUT2D eigenvalue weighted by Crippen LogP contribution is -2.09. The Kier molecular flexibility index (Phi) is 6.84. The predicted octanol–water partition coefficient (Wildman–Crippen LogP) is 13.2. The van der Waals surface area contributed by atoms with Crippen molar-refractivity contribution < 1.29 is 4.42 Å². The molecule has 0 amide bonds. The van der Waals surface area contributed by atoms with Gasteiger partial charge in [-0.15, -0.1) is 0 Å². The lowest BCUT2D eigenvalue weighted by molar-refractivity contribution is 0.635. The standard InChI is InChI=1S/C46H31NO/c1-2-8-32(9-3-1)34-18-24-41(25-19-34)47(42-26-20-35(21-27-42)39-16-14-33-10-4-5-12-38(33)30-39)43-28-22-37(23-29-43)45-31-40-17-15-36-11-6-7-13-44(36)46(40)48-45/h1-31H. The zero-order valence-electron chi connectivity index (χ0n) is 26.3. The number of rotatable bonds is 6. The summed E-state index contributed by atoms with van der Waals surface area (Å²) in [6, 6.07) is 66.9. The first-order chi connectivity index (χ1) is 23.8. The Morgan fingerprint density at radius 2 is 0.792 bits per heavy atom. The minimum atomic E-state index is 0.867. The first-order valence-electron chi connectivity index (χ1n) is 16.3. The third kappa shape index (κ3) is 5.10. The van der Waals surface area contributed by atoms with Gasteiger partial charge in [-0.25, -0.2) is 0 Å². The molecule has 1 heterocycles. The highest BCUT2D eigenvalue weighted by atomic mass is 16.3. The molecule has 0 N–H and O–H groups in total. The molecule has 9 rings (SSSR count). The van der Waals surface area contributed by atoms with Crippen LogP contribution in [0.4, 0.5) is 17.1 Å². The molecule has 226 valence electrons. The van der Waals surface area contributed by atoms with Crippen molar-refractivity contribution in [3.63, 3.8) is 0 Å². The molecule has 0 aliphatic rings. The number of nitrogens with zero attached hydrogens (tertiary/aromatic N) is 1. The zero-order chi connectivity index (χ0) is 31.9. The van der Waals surface area contributed by atoms with Gasteiger partial charge < -0.3 is 9.32 Å². The lowest BCUT2D eigenvalue weighted by Gasteiger charge is -2.26. The Morgan fingerprint density at radius 3 is 1.48 bits per heavy atom. The van der Waals surface area contributed by atoms with Crippen molar-refractivity contribution in [1.29, 1.82) is 0 Å². The van der Waals surface area contributed by atoms with Crippen LogP contribution in [0.1, 0.15) is 0 Å². The van der Waals surface area contributed by atoms with Gasteiger partial charge in [-0.1, -0.05) is 127 Å². The molecule has 0 saturated heterocycles. The van der Waals surface area contributed by atoms with Crippen molar-refractivity contribution in [2.45, 2.75) is 0 Å². The van der Waals surface area contributed by atoms with Crippen LogP contribution < -0.4 is 4.90 Å². The summed E-state index contributed by atoms with van der Waals surface area (Å²) >= 11 is 0. The molecule has 2 nitrogen and oxygen atoms in total. The van der Waals surface area contributed by atoms with Gasteiger partial charge in [0.05, 0.1) is 0 Å². The van der Waals surface area contributed by atoms with Gasteiger partial charge in [0.15, 0.2) is 0 Å². The van der Waals surface area contributed by atoms with Crippen LogP contribution in [0.25, 0.3) is 66.1 Å². The Morgan fingerprint density at radius 1 is 0.312 bits per heavy atom. The van der Waals surface area contributed by atoms with Crippen LogP contribution in [-0.4, -0.2) is 0 Å². The van der Waals surface area contributed by atoms with Crippen LogP contribution in [0.3, 0.4) is 0 Å². The number of anilines is 3. The summed E-state index contributed by atoms with van der Waals surface area (Å²) in [5.74, 6) is 0.867. The van der Waals surface area contributed by atoms with Gasteiger partial charge in [0, 0.05) is 33.4 Å². The topological polar surface area (TPSA) is 16.4 Å². The number of furan rings is 1. The van der Waals surface area contributed by atoms with Crippen LogP contribution >= 0.6 is 0 Å². The molecule has 0 spiro atoms. The molecule has 0 aliphatic heterocycles. The van der Waals surface area contributed by atoms with Crippen molar-refractivity contribution in [2.75, 3.05) is 4.90 Å². The lowest BCUT2D eigenvalue weighted by atomic mass is 10.0. The van der Waals surface area contributed by atoms with E-state index in [4.69, 9.17) is 4.42 Å². The van der Waals surface area contributed by atoms with Gasteiger partial charge in [-0.3, -0.25) is 0 Å². The average Bonchev–Trinajstić information content (AvgIpc) is 3.61. The third-order valence-corrected chi connectivity index (χ3v) is 9.26. The van der Waals surface area contributed by atoms with Gasteiger partial charge in [-0.2, -0.15) is 0 Å². The summed E-state index contributed by atoms with van der Waals surface area (Å²) in [7, 11) is 0. The van der Waals surface area contributed by atoms with Crippen LogP contribution in [0.2, 0.25) is 0 Å². The Balaban J connectivity index is 1.09. The van der Waals surface area contributed by atoms with Crippen molar-refractivity contribution in [3.8, 4) is 33.6 Å². The number of fused-ring (bicyclic) bond motifs is 4. The van der Waals surface area contributed by atoms with Crippen molar-refractivity contribution in [1.82, 2.24) is 0 Å². The van der Waals surface area contributed by atoms with Gasteiger partial charge in [0.2, 0.25) is 0 Å². The average molecular weight is 614 g/mol. The maximum Gasteiger partial charge on any atom is 0.142 e. The first kappa shape index (κ1) is 27.9. The van der Waals surface area contributed by atoms with Gasteiger partial charge in [0.1, 0.15) is 11.3 Å². The highest BCUT2D eigenvalue weighted by Crippen LogP contribution is 2.39. The Hall–Kier alpha value is -6.38. The molecular weight excluding hydrogens is 583 g/mol. The summed E-state index contributed by atoms with van der Waals surface area (Å²) in [5, 5.41) is 5.93. The second-order valence-corrected chi connectivity index (χ2v) is 12.2. The second kappa shape index (κ2) is 11.8. The number of hydrogen-bond donors (Lipinski definition) is 0. The smallest absolute Gasteiger partial charge is 0.142 e. The number of benzene rings is 8. The Labute approximate surface area is 279 Å². The Bertz CT molecular complexity index is 2530. The SMILES string of the molecule is c1ccc(-c2ccc(N(c3ccc(-c4ccc5ccccc5c4)cc3)c3ccc(-c4cc5ccc6ccccc6c5o4)cc3)cc2)cc1. The maximum absolute atomic E-state index is 6.46. The van der Waals surface area contributed by atoms with E-state index in [2.05, 4.69) is 193 Å². The predicted molar refractivity (Wildman–Crippen MR) is 202 cm³/mol. The maximum atomic E-state index is 6.46. The van der Waals surface area contributed by atoms with E-state index in [1.165, 1.54) is 38.4 Å². The molecule has 9 aromatic rings. The van der Waals surface area contributed by atoms with Gasteiger partial charge in [0.25, 0.3) is 0 Å². The summed E-state index contributed by atoms with van der Waals surface area (Å²) < 4.78 is 6.46.